The number of carbonyl (C=O) groups excluding carboxylic acids is 1. The van der Waals surface area contributed by atoms with Crippen molar-refractivity contribution in [2.24, 2.45) is 0 Å². The van der Waals surface area contributed by atoms with Crippen LogP contribution < -0.4 is 5.32 Å². The van der Waals surface area contributed by atoms with Crippen molar-refractivity contribution in [2.45, 2.75) is 13.8 Å². The molecule has 128 valence electrons. The molecule has 5 nitrogen and oxygen atoms in total. The third kappa shape index (κ3) is 3.07. The molecular formula is C21H17N3O2. The van der Waals surface area contributed by atoms with Crippen LogP contribution in [0.5, 0.6) is 0 Å². The summed E-state index contributed by atoms with van der Waals surface area (Å²) in [5.74, 6) is 0.389. The Balaban J connectivity index is 1.62. The van der Waals surface area contributed by atoms with E-state index in [0.717, 1.165) is 16.7 Å². The summed E-state index contributed by atoms with van der Waals surface area (Å²) < 4.78 is 5.78. The number of benzene rings is 2. The molecule has 1 amide bonds. The fourth-order valence-electron chi connectivity index (χ4n) is 2.89. The highest BCUT2D eigenvalue weighted by Gasteiger charge is 2.12. The normalized spacial score (nSPS) is 10.8. The largest absolute Gasteiger partial charge is 0.436 e. The lowest BCUT2D eigenvalue weighted by molar-refractivity contribution is 0.102. The van der Waals surface area contributed by atoms with E-state index in [2.05, 4.69) is 15.3 Å². The van der Waals surface area contributed by atoms with Crippen LogP contribution in [0.3, 0.4) is 0 Å². The van der Waals surface area contributed by atoms with Gasteiger partial charge in [0.05, 0.1) is 0 Å². The van der Waals surface area contributed by atoms with Gasteiger partial charge < -0.3 is 9.73 Å². The number of aromatic nitrogens is 2. The van der Waals surface area contributed by atoms with E-state index in [1.165, 1.54) is 0 Å². The molecule has 0 spiro atoms. The number of pyridine rings is 1. The zero-order valence-corrected chi connectivity index (χ0v) is 14.5. The Morgan fingerprint density at radius 2 is 1.81 bits per heavy atom. The van der Waals surface area contributed by atoms with Gasteiger partial charge in [0.15, 0.2) is 5.58 Å². The lowest BCUT2D eigenvalue weighted by Crippen LogP contribution is -2.13. The van der Waals surface area contributed by atoms with Crippen molar-refractivity contribution >= 4 is 22.7 Å². The second kappa shape index (κ2) is 6.44. The maximum absolute atomic E-state index is 12.5. The van der Waals surface area contributed by atoms with E-state index in [-0.39, 0.29) is 5.91 Å². The molecule has 2 aromatic heterocycles. The molecule has 0 unspecified atom stereocenters. The van der Waals surface area contributed by atoms with Gasteiger partial charge >= 0.3 is 0 Å². The van der Waals surface area contributed by atoms with Crippen molar-refractivity contribution in [1.29, 1.82) is 0 Å². The number of oxazole rings is 1. The number of anilines is 1. The van der Waals surface area contributed by atoms with Gasteiger partial charge in [-0.2, -0.15) is 0 Å². The molecule has 0 saturated carbocycles. The molecule has 0 aliphatic carbocycles. The third-order valence-corrected chi connectivity index (χ3v) is 4.20. The summed E-state index contributed by atoms with van der Waals surface area (Å²) in [7, 11) is 0. The Bertz CT molecular complexity index is 1100. The average molecular weight is 343 g/mol. The summed E-state index contributed by atoms with van der Waals surface area (Å²) in [6, 6.07) is 14.9. The number of carbonyl (C=O) groups is 1. The Morgan fingerprint density at radius 1 is 1.00 bits per heavy atom. The molecule has 4 rings (SSSR count). The number of aryl methyl sites for hydroxylation is 2. The minimum Gasteiger partial charge on any atom is -0.436 e. The van der Waals surface area contributed by atoms with Gasteiger partial charge in [0, 0.05) is 29.2 Å². The molecule has 2 heterocycles. The summed E-state index contributed by atoms with van der Waals surface area (Å²) in [5.41, 5.74) is 5.63. The Labute approximate surface area is 150 Å². The first-order chi connectivity index (χ1) is 12.6. The number of nitrogens with zero attached hydrogens (tertiary/aromatic N) is 2. The van der Waals surface area contributed by atoms with Gasteiger partial charge in [-0.15, -0.1) is 0 Å². The van der Waals surface area contributed by atoms with Crippen molar-refractivity contribution < 1.29 is 9.21 Å². The van der Waals surface area contributed by atoms with Crippen LogP contribution in [-0.2, 0) is 0 Å². The molecule has 0 aliphatic heterocycles. The fraction of sp³-hybridized carbons (Fsp3) is 0.0952. The molecule has 2 aromatic carbocycles. The highest BCUT2D eigenvalue weighted by Crippen LogP contribution is 2.26. The Hall–Kier alpha value is -3.47. The summed E-state index contributed by atoms with van der Waals surface area (Å²) in [6.45, 7) is 3.94. The van der Waals surface area contributed by atoms with Gasteiger partial charge in [-0.1, -0.05) is 17.7 Å². The van der Waals surface area contributed by atoms with Crippen LogP contribution in [0.15, 0.2) is 65.3 Å². The van der Waals surface area contributed by atoms with Crippen molar-refractivity contribution in [3.63, 3.8) is 0 Å². The summed E-state index contributed by atoms with van der Waals surface area (Å²) in [4.78, 5) is 21.1. The maximum atomic E-state index is 12.5. The molecule has 26 heavy (non-hydrogen) atoms. The van der Waals surface area contributed by atoms with Crippen molar-refractivity contribution in [3.8, 4) is 11.5 Å². The van der Waals surface area contributed by atoms with E-state index in [1.54, 1.807) is 12.4 Å². The zero-order valence-electron chi connectivity index (χ0n) is 14.5. The van der Waals surface area contributed by atoms with Crippen molar-refractivity contribution in [3.05, 3.63) is 77.6 Å². The van der Waals surface area contributed by atoms with Crippen LogP contribution in [0.1, 0.15) is 21.5 Å². The first-order valence-electron chi connectivity index (χ1n) is 8.30. The lowest BCUT2D eigenvalue weighted by atomic mass is 10.1. The van der Waals surface area contributed by atoms with Gasteiger partial charge in [-0.25, -0.2) is 4.98 Å². The summed E-state index contributed by atoms with van der Waals surface area (Å²) >= 11 is 0. The highest BCUT2D eigenvalue weighted by molar-refractivity contribution is 6.05. The number of hydrogen-bond acceptors (Lipinski definition) is 4. The van der Waals surface area contributed by atoms with Gasteiger partial charge in [0.1, 0.15) is 5.52 Å². The minimum atomic E-state index is -0.139. The van der Waals surface area contributed by atoms with Gasteiger partial charge in [0.2, 0.25) is 5.89 Å². The summed E-state index contributed by atoms with van der Waals surface area (Å²) in [6.07, 6.45) is 3.39. The molecule has 4 aromatic rings. The van der Waals surface area contributed by atoms with Gasteiger partial charge in [0.25, 0.3) is 5.91 Å². The van der Waals surface area contributed by atoms with Crippen LogP contribution in [0, 0.1) is 13.8 Å². The SMILES string of the molecule is Cc1ccc(C(=O)Nc2ccc3oc(-c4ccncc4)nc3c2)c(C)c1. The number of hydrogen-bond donors (Lipinski definition) is 1. The zero-order chi connectivity index (χ0) is 18.1. The van der Waals surface area contributed by atoms with E-state index < -0.39 is 0 Å². The predicted octanol–water partition coefficient (Wildman–Crippen LogP) is 4.76. The molecule has 5 heteroatoms. The number of rotatable bonds is 3. The first-order valence-corrected chi connectivity index (χ1v) is 8.30. The second-order valence-electron chi connectivity index (χ2n) is 6.21. The summed E-state index contributed by atoms with van der Waals surface area (Å²) in [5, 5.41) is 2.93. The first kappa shape index (κ1) is 16.0. The van der Waals surface area contributed by atoms with Crippen LogP contribution in [0.25, 0.3) is 22.6 Å². The average Bonchev–Trinajstić information content (AvgIpc) is 3.05. The van der Waals surface area contributed by atoms with E-state index in [1.807, 2.05) is 62.4 Å². The molecule has 0 bridgehead atoms. The van der Waals surface area contributed by atoms with Gasteiger partial charge in [-0.3, -0.25) is 9.78 Å². The van der Waals surface area contributed by atoms with Crippen LogP contribution in [0.4, 0.5) is 5.69 Å². The molecule has 1 N–H and O–H groups in total. The lowest BCUT2D eigenvalue weighted by Gasteiger charge is -2.08. The Kier molecular flexibility index (Phi) is 3.97. The van der Waals surface area contributed by atoms with E-state index in [4.69, 9.17) is 4.42 Å². The molecule has 0 aliphatic rings. The van der Waals surface area contributed by atoms with E-state index >= 15 is 0 Å². The molecular weight excluding hydrogens is 326 g/mol. The highest BCUT2D eigenvalue weighted by atomic mass is 16.3. The van der Waals surface area contributed by atoms with Gasteiger partial charge in [-0.05, 0) is 55.8 Å². The maximum Gasteiger partial charge on any atom is 0.255 e. The van der Waals surface area contributed by atoms with Crippen LogP contribution in [-0.4, -0.2) is 15.9 Å². The molecule has 0 atom stereocenters. The van der Waals surface area contributed by atoms with Crippen LogP contribution in [0.2, 0.25) is 0 Å². The fourth-order valence-corrected chi connectivity index (χ4v) is 2.89. The quantitative estimate of drug-likeness (QED) is 0.582. The van der Waals surface area contributed by atoms with Crippen molar-refractivity contribution in [1.82, 2.24) is 9.97 Å². The minimum absolute atomic E-state index is 0.139. The topological polar surface area (TPSA) is 68.0 Å². The standard InChI is InChI=1S/C21H17N3O2/c1-13-3-5-17(14(2)11-13)20(25)23-16-4-6-19-18(12-16)24-21(26-19)15-7-9-22-10-8-15/h3-12H,1-2H3,(H,23,25). The van der Waals surface area contributed by atoms with Crippen LogP contribution >= 0.6 is 0 Å². The molecule has 0 radical (unpaired) electrons. The predicted molar refractivity (Wildman–Crippen MR) is 101 cm³/mol. The number of amides is 1. The third-order valence-electron chi connectivity index (χ3n) is 4.20. The monoisotopic (exact) mass is 343 g/mol. The molecule has 0 fully saturated rings. The van der Waals surface area contributed by atoms with Crippen molar-refractivity contribution in [2.75, 3.05) is 5.32 Å². The second-order valence-corrected chi connectivity index (χ2v) is 6.21. The van der Waals surface area contributed by atoms with E-state index in [9.17, 15) is 4.79 Å². The molecule has 0 saturated heterocycles. The number of nitrogens with one attached hydrogen (secondary N) is 1. The Morgan fingerprint density at radius 3 is 2.58 bits per heavy atom. The smallest absolute Gasteiger partial charge is 0.255 e. The van der Waals surface area contributed by atoms with E-state index in [0.29, 0.717) is 28.2 Å². The number of fused-ring (bicyclic) bond motifs is 1.